The van der Waals surface area contributed by atoms with Crippen LogP contribution >= 0.6 is 27.3 Å². The zero-order chi connectivity index (χ0) is 13.2. The highest BCUT2D eigenvalue weighted by Crippen LogP contribution is 2.29. The quantitative estimate of drug-likeness (QED) is 0.885. The molecule has 18 heavy (non-hydrogen) atoms. The third-order valence-corrected chi connectivity index (χ3v) is 6.18. The molecule has 0 bridgehead atoms. The highest BCUT2D eigenvalue weighted by Gasteiger charge is 2.20. The van der Waals surface area contributed by atoms with E-state index in [-0.39, 0.29) is 6.10 Å². The maximum Gasteiger partial charge on any atom is 0.241 e. The van der Waals surface area contributed by atoms with Crippen LogP contribution in [0.15, 0.2) is 14.7 Å². The molecule has 1 aliphatic heterocycles. The minimum Gasteiger partial charge on any atom is -0.378 e. The van der Waals surface area contributed by atoms with Gasteiger partial charge in [-0.2, -0.15) is 0 Å². The molecule has 0 radical (unpaired) electrons. The van der Waals surface area contributed by atoms with Crippen LogP contribution in [-0.2, 0) is 14.8 Å². The van der Waals surface area contributed by atoms with E-state index in [4.69, 9.17) is 4.74 Å². The first kappa shape index (κ1) is 14.5. The average molecular weight is 354 g/mol. The first-order valence-corrected chi connectivity index (χ1v) is 8.95. The van der Waals surface area contributed by atoms with Crippen molar-refractivity contribution in [2.45, 2.75) is 37.2 Å². The summed E-state index contributed by atoms with van der Waals surface area (Å²) in [4.78, 5) is 1.17. The Balaban J connectivity index is 1.93. The monoisotopic (exact) mass is 353 g/mol. The molecule has 0 aliphatic carbocycles. The summed E-state index contributed by atoms with van der Waals surface area (Å²) in [5.41, 5.74) is 0. The summed E-state index contributed by atoms with van der Waals surface area (Å²) in [5, 5.41) is 0. The molecule has 1 N–H and O–H groups in total. The molecule has 102 valence electrons. The molecule has 1 saturated heterocycles. The van der Waals surface area contributed by atoms with Crippen molar-refractivity contribution in [3.05, 3.63) is 14.7 Å². The van der Waals surface area contributed by atoms with Gasteiger partial charge in [-0.1, -0.05) is 0 Å². The number of rotatable bonds is 5. The first-order valence-electron chi connectivity index (χ1n) is 5.86. The molecular formula is C11H16BrNO3S2. The minimum atomic E-state index is -3.39. The summed E-state index contributed by atoms with van der Waals surface area (Å²) in [7, 11) is -3.39. The smallest absolute Gasteiger partial charge is 0.241 e. The molecular weight excluding hydrogens is 338 g/mol. The van der Waals surface area contributed by atoms with E-state index >= 15 is 0 Å². The highest BCUT2D eigenvalue weighted by molar-refractivity contribution is 9.11. The molecule has 2 rings (SSSR count). The van der Waals surface area contributed by atoms with Crippen molar-refractivity contribution in [2.75, 3.05) is 13.2 Å². The third kappa shape index (κ3) is 3.54. The molecule has 1 atom stereocenters. The van der Waals surface area contributed by atoms with Gasteiger partial charge in [0.2, 0.25) is 10.0 Å². The Morgan fingerprint density at radius 2 is 2.39 bits per heavy atom. The van der Waals surface area contributed by atoms with Crippen molar-refractivity contribution in [3.8, 4) is 0 Å². The summed E-state index contributed by atoms with van der Waals surface area (Å²) in [6, 6.07) is 1.65. The van der Waals surface area contributed by atoms with Crippen LogP contribution in [0.2, 0.25) is 0 Å². The molecule has 0 aromatic carbocycles. The molecule has 1 aromatic heterocycles. The average Bonchev–Trinajstić information content (AvgIpc) is 2.88. The van der Waals surface area contributed by atoms with Crippen LogP contribution in [0.4, 0.5) is 0 Å². The zero-order valence-corrected chi connectivity index (χ0v) is 13.3. The van der Waals surface area contributed by atoms with Crippen LogP contribution < -0.4 is 4.72 Å². The van der Waals surface area contributed by atoms with Crippen LogP contribution in [0.3, 0.4) is 0 Å². The van der Waals surface area contributed by atoms with Crippen LogP contribution in [0.5, 0.6) is 0 Å². The lowest BCUT2D eigenvalue weighted by Gasteiger charge is -2.10. The number of hydrogen-bond donors (Lipinski definition) is 1. The molecule has 1 aliphatic rings. The van der Waals surface area contributed by atoms with Crippen LogP contribution in [0.1, 0.15) is 24.1 Å². The normalized spacial score (nSPS) is 20.4. The van der Waals surface area contributed by atoms with E-state index < -0.39 is 10.0 Å². The van der Waals surface area contributed by atoms with Crippen molar-refractivity contribution in [3.63, 3.8) is 0 Å². The van der Waals surface area contributed by atoms with Gasteiger partial charge < -0.3 is 4.74 Å². The summed E-state index contributed by atoms with van der Waals surface area (Å²) >= 11 is 4.73. The molecule has 0 spiro atoms. The second-order valence-corrected chi connectivity index (χ2v) is 8.66. The van der Waals surface area contributed by atoms with Crippen molar-refractivity contribution in [1.29, 1.82) is 0 Å². The molecule has 1 fully saturated rings. The maximum atomic E-state index is 12.1. The van der Waals surface area contributed by atoms with Crippen LogP contribution in [0.25, 0.3) is 0 Å². The first-order chi connectivity index (χ1) is 8.49. The molecule has 0 saturated carbocycles. The number of halogens is 1. The van der Waals surface area contributed by atoms with Gasteiger partial charge >= 0.3 is 0 Å². The van der Waals surface area contributed by atoms with Gasteiger partial charge in [-0.3, -0.25) is 0 Å². The van der Waals surface area contributed by atoms with Gasteiger partial charge in [0.05, 0.1) is 14.8 Å². The van der Waals surface area contributed by atoms with Gasteiger partial charge in [0.25, 0.3) is 0 Å². The highest BCUT2D eigenvalue weighted by atomic mass is 79.9. The van der Waals surface area contributed by atoms with Gasteiger partial charge in [-0.05, 0) is 48.2 Å². The number of thiophene rings is 1. The fourth-order valence-corrected chi connectivity index (χ4v) is 5.46. The van der Waals surface area contributed by atoms with Crippen molar-refractivity contribution in [1.82, 2.24) is 4.72 Å². The summed E-state index contributed by atoms with van der Waals surface area (Å²) in [6.07, 6.45) is 3.06. The minimum absolute atomic E-state index is 0.211. The van der Waals surface area contributed by atoms with E-state index in [2.05, 4.69) is 20.7 Å². The SMILES string of the molecule is Cc1sc(Br)cc1S(=O)(=O)NCCC1CCCO1. The molecule has 4 nitrogen and oxygen atoms in total. The number of sulfonamides is 1. The largest absolute Gasteiger partial charge is 0.378 e. The topological polar surface area (TPSA) is 55.4 Å². The molecule has 7 heteroatoms. The fraction of sp³-hybridized carbons (Fsp3) is 0.636. The van der Waals surface area contributed by atoms with E-state index in [1.165, 1.54) is 11.3 Å². The van der Waals surface area contributed by atoms with Gasteiger partial charge in [-0.15, -0.1) is 11.3 Å². The second-order valence-electron chi connectivity index (χ2n) is 4.29. The Labute approximate surface area is 120 Å². The van der Waals surface area contributed by atoms with Gasteiger partial charge in [-0.25, -0.2) is 13.1 Å². The van der Waals surface area contributed by atoms with E-state index in [0.717, 1.165) is 34.5 Å². The van der Waals surface area contributed by atoms with Gasteiger partial charge in [0.15, 0.2) is 0 Å². The number of ether oxygens (including phenoxy) is 1. The van der Waals surface area contributed by atoms with Crippen LogP contribution in [-0.4, -0.2) is 27.7 Å². The Hall–Kier alpha value is 0.0500. The molecule has 1 unspecified atom stereocenters. The van der Waals surface area contributed by atoms with Gasteiger partial charge in [0, 0.05) is 18.0 Å². The number of hydrogen-bond acceptors (Lipinski definition) is 4. The second kappa shape index (κ2) is 6.00. The predicted molar refractivity (Wildman–Crippen MR) is 75.5 cm³/mol. The predicted octanol–water partition coefficient (Wildman–Crippen LogP) is 2.67. The molecule has 2 heterocycles. The number of nitrogens with one attached hydrogen (secondary N) is 1. The van der Waals surface area contributed by atoms with Crippen LogP contribution in [0, 0.1) is 6.92 Å². The van der Waals surface area contributed by atoms with E-state index in [0.29, 0.717) is 11.4 Å². The van der Waals surface area contributed by atoms with E-state index in [1.807, 2.05) is 6.92 Å². The van der Waals surface area contributed by atoms with Crippen molar-refractivity contribution < 1.29 is 13.2 Å². The summed E-state index contributed by atoms with van der Waals surface area (Å²) in [5.74, 6) is 0. The lowest BCUT2D eigenvalue weighted by atomic mass is 10.2. The third-order valence-electron chi connectivity index (χ3n) is 2.91. The maximum absolute atomic E-state index is 12.1. The Morgan fingerprint density at radius 3 is 2.94 bits per heavy atom. The van der Waals surface area contributed by atoms with E-state index in [9.17, 15) is 8.42 Å². The van der Waals surface area contributed by atoms with E-state index in [1.54, 1.807) is 6.07 Å². The Morgan fingerprint density at radius 1 is 1.61 bits per heavy atom. The lowest BCUT2D eigenvalue weighted by molar-refractivity contribution is 0.105. The molecule has 1 aromatic rings. The standard InChI is InChI=1S/C11H16BrNO3S2/c1-8-10(7-11(12)17-8)18(14,15)13-5-4-9-3-2-6-16-9/h7,9,13H,2-6H2,1H3. The Bertz CT molecular complexity index is 506. The summed E-state index contributed by atoms with van der Waals surface area (Å²) < 4.78 is 33.1. The lowest BCUT2D eigenvalue weighted by Crippen LogP contribution is -2.27. The van der Waals surface area contributed by atoms with Crippen molar-refractivity contribution in [2.24, 2.45) is 0 Å². The molecule has 0 amide bonds. The Kier molecular flexibility index (Phi) is 4.82. The van der Waals surface area contributed by atoms with Crippen molar-refractivity contribution >= 4 is 37.3 Å². The fourth-order valence-electron chi connectivity index (χ4n) is 2.00. The summed E-state index contributed by atoms with van der Waals surface area (Å²) in [6.45, 7) is 3.04. The zero-order valence-electron chi connectivity index (χ0n) is 10.1. The van der Waals surface area contributed by atoms with Gasteiger partial charge in [0.1, 0.15) is 0 Å². The number of aryl methyl sites for hydroxylation is 1.